The van der Waals surface area contributed by atoms with Crippen LogP contribution in [0.15, 0.2) is 23.8 Å². The fraction of sp³-hybridized carbons (Fsp3) is 0.615. The molecule has 2 fully saturated rings. The van der Waals surface area contributed by atoms with Crippen molar-refractivity contribution in [2.24, 2.45) is 11.3 Å². The predicted molar refractivity (Wildman–Crippen MR) is 58.0 cm³/mol. The monoisotopic (exact) mass is 190 g/mol. The summed E-state index contributed by atoms with van der Waals surface area (Å²) in [5.41, 5.74) is 2.67. The van der Waals surface area contributed by atoms with Gasteiger partial charge in [-0.05, 0) is 43.1 Å². The summed E-state index contributed by atoms with van der Waals surface area (Å²) in [5, 5.41) is 0. The molecule has 0 bridgehead atoms. The molecular weight excluding hydrogens is 172 g/mol. The van der Waals surface area contributed by atoms with Crippen LogP contribution in [0.5, 0.6) is 0 Å². The highest BCUT2D eigenvalue weighted by atomic mass is 16.1. The van der Waals surface area contributed by atoms with E-state index in [0.717, 1.165) is 24.8 Å². The first-order chi connectivity index (χ1) is 6.59. The van der Waals surface area contributed by atoms with E-state index in [1.807, 2.05) is 0 Å². The summed E-state index contributed by atoms with van der Waals surface area (Å²) in [6.45, 7) is 8.39. The second kappa shape index (κ2) is 3.08. The topological polar surface area (TPSA) is 17.1 Å². The van der Waals surface area contributed by atoms with E-state index >= 15 is 0 Å². The number of Topliss-reactive ketones (excluding diaryl/α,β-unsaturated/α-hetero) is 1. The number of ketones is 1. The molecule has 0 amide bonds. The molecule has 0 radical (unpaired) electrons. The van der Waals surface area contributed by atoms with Gasteiger partial charge in [-0.2, -0.15) is 0 Å². The van der Waals surface area contributed by atoms with Crippen molar-refractivity contribution < 1.29 is 4.79 Å². The van der Waals surface area contributed by atoms with Gasteiger partial charge >= 0.3 is 0 Å². The van der Waals surface area contributed by atoms with Crippen LogP contribution in [0.1, 0.15) is 39.5 Å². The Hall–Kier alpha value is -0.850. The van der Waals surface area contributed by atoms with Crippen molar-refractivity contribution in [3.8, 4) is 0 Å². The van der Waals surface area contributed by atoms with Crippen molar-refractivity contribution in [3.05, 3.63) is 23.8 Å². The maximum atomic E-state index is 11.6. The van der Waals surface area contributed by atoms with Crippen LogP contribution in [-0.2, 0) is 4.79 Å². The number of carbonyl (C=O) groups is 1. The van der Waals surface area contributed by atoms with E-state index in [4.69, 9.17) is 0 Å². The normalized spacial score (nSPS) is 40.4. The van der Waals surface area contributed by atoms with Crippen LogP contribution in [0.2, 0.25) is 0 Å². The van der Waals surface area contributed by atoms with E-state index in [9.17, 15) is 4.79 Å². The third kappa shape index (κ3) is 1.11. The van der Waals surface area contributed by atoms with E-state index in [-0.39, 0.29) is 5.41 Å². The third-order valence-corrected chi connectivity index (χ3v) is 4.20. The average Bonchev–Trinajstić information content (AvgIpc) is 2.50. The molecule has 0 aromatic rings. The predicted octanol–water partition coefficient (Wildman–Crippen LogP) is 3.27. The van der Waals surface area contributed by atoms with E-state index in [1.165, 1.54) is 5.57 Å². The van der Waals surface area contributed by atoms with Gasteiger partial charge < -0.3 is 0 Å². The summed E-state index contributed by atoms with van der Waals surface area (Å²) in [4.78, 5) is 11.6. The van der Waals surface area contributed by atoms with Crippen LogP contribution in [0.4, 0.5) is 0 Å². The maximum absolute atomic E-state index is 11.6. The second-order valence-electron chi connectivity index (χ2n) is 4.77. The van der Waals surface area contributed by atoms with Crippen molar-refractivity contribution in [3.63, 3.8) is 0 Å². The molecule has 76 valence electrons. The first kappa shape index (κ1) is 9.70. The van der Waals surface area contributed by atoms with Crippen molar-refractivity contribution in [1.82, 2.24) is 0 Å². The summed E-state index contributed by atoms with van der Waals surface area (Å²) in [6.07, 6.45) is 6.24. The molecule has 0 saturated heterocycles. The lowest BCUT2D eigenvalue weighted by molar-refractivity contribution is -0.118. The zero-order valence-electron chi connectivity index (χ0n) is 9.10. The molecule has 1 heteroatoms. The highest BCUT2D eigenvalue weighted by Gasteiger charge is 2.47. The van der Waals surface area contributed by atoms with E-state index in [1.54, 1.807) is 0 Å². The van der Waals surface area contributed by atoms with Gasteiger partial charge in [-0.1, -0.05) is 25.2 Å². The van der Waals surface area contributed by atoms with Gasteiger partial charge in [0, 0.05) is 6.42 Å². The highest BCUT2D eigenvalue weighted by Crippen LogP contribution is 2.55. The molecule has 2 saturated carbocycles. The summed E-state index contributed by atoms with van der Waals surface area (Å²) >= 11 is 0. The molecule has 0 aromatic carbocycles. The molecule has 2 aliphatic carbocycles. The second-order valence-corrected chi connectivity index (χ2v) is 4.77. The minimum atomic E-state index is 0.250. The number of fused-ring (bicyclic) bond motifs is 1. The number of hydrogen-bond acceptors (Lipinski definition) is 1. The molecule has 2 aliphatic rings. The molecule has 0 aliphatic heterocycles. The SMILES string of the molecule is C=C1C(=O)CC[C@@]2(C)/C(=C/C)CCC12. The zero-order chi connectivity index (χ0) is 10.3. The Morgan fingerprint density at radius 3 is 2.86 bits per heavy atom. The summed E-state index contributed by atoms with van der Waals surface area (Å²) in [5.74, 6) is 0.722. The number of rotatable bonds is 0. The summed E-state index contributed by atoms with van der Waals surface area (Å²) in [7, 11) is 0. The molecule has 1 unspecified atom stereocenters. The Morgan fingerprint density at radius 1 is 1.50 bits per heavy atom. The third-order valence-electron chi connectivity index (χ3n) is 4.20. The van der Waals surface area contributed by atoms with Crippen molar-refractivity contribution in [2.75, 3.05) is 0 Å². The molecule has 0 heterocycles. The molecule has 0 N–H and O–H groups in total. The summed E-state index contributed by atoms with van der Waals surface area (Å²) in [6, 6.07) is 0. The maximum Gasteiger partial charge on any atom is 0.158 e. The van der Waals surface area contributed by atoms with Gasteiger partial charge in [0.2, 0.25) is 0 Å². The van der Waals surface area contributed by atoms with Crippen LogP contribution in [-0.4, -0.2) is 5.78 Å². The van der Waals surface area contributed by atoms with Gasteiger partial charge in [0.25, 0.3) is 0 Å². The lowest BCUT2D eigenvalue weighted by Crippen LogP contribution is -2.33. The minimum absolute atomic E-state index is 0.250. The molecule has 0 aromatic heterocycles. The van der Waals surface area contributed by atoms with Gasteiger partial charge in [0.1, 0.15) is 0 Å². The van der Waals surface area contributed by atoms with E-state index in [0.29, 0.717) is 18.1 Å². The number of allylic oxidation sites excluding steroid dienone is 3. The fourth-order valence-electron chi connectivity index (χ4n) is 3.22. The number of hydrogen-bond donors (Lipinski definition) is 0. The zero-order valence-corrected chi connectivity index (χ0v) is 9.10. The van der Waals surface area contributed by atoms with Crippen LogP contribution in [0.25, 0.3) is 0 Å². The van der Waals surface area contributed by atoms with Gasteiger partial charge in [-0.25, -0.2) is 0 Å². The first-order valence-electron chi connectivity index (χ1n) is 5.47. The number of carbonyl (C=O) groups excluding carboxylic acids is 1. The van der Waals surface area contributed by atoms with Gasteiger partial charge in [-0.3, -0.25) is 4.79 Å². The minimum Gasteiger partial charge on any atom is -0.295 e. The Balaban J connectivity index is 2.38. The first-order valence-corrected chi connectivity index (χ1v) is 5.47. The van der Waals surface area contributed by atoms with Crippen LogP contribution in [0.3, 0.4) is 0 Å². The molecular formula is C13H18O. The lowest BCUT2D eigenvalue weighted by atomic mass is 9.65. The van der Waals surface area contributed by atoms with Crippen molar-refractivity contribution >= 4 is 5.78 Å². The van der Waals surface area contributed by atoms with E-state index < -0.39 is 0 Å². The Morgan fingerprint density at radius 2 is 2.21 bits per heavy atom. The molecule has 0 spiro atoms. The molecule has 2 rings (SSSR count). The smallest absolute Gasteiger partial charge is 0.158 e. The standard InChI is InChI=1S/C13H18O/c1-4-10-5-6-11-9(2)12(14)7-8-13(10,11)3/h4,11H,2,5-8H2,1,3H3/b10-4+/t11?,13-/m0/s1. The van der Waals surface area contributed by atoms with E-state index in [2.05, 4.69) is 26.5 Å². The average molecular weight is 190 g/mol. The fourth-order valence-corrected chi connectivity index (χ4v) is 3.22. The van der Waals surface area contributed by atoms with Gasteiger partial charge in [0.05, 0.1) is 0 Å². The van der Waals surface area contributed by atoms with Crippen molar-refractivity contribution in [1.29, 1.82) is 0 Å². The van der Waals surface area contributed by atoms with Crippen LogP contribution < -0.4 is 0 Å². The van der Waals surface area contributed by atoms with Crippen LogP contribution in [0, 0.1) is 11.3 Å². The molecule has 1 nitrogen and oxygen atoms in total. The van der Waals surface area contributed by atoms with Crippen molar-refractivity contribution in [2.45, 2.75) is 39.5 Å². The Bertz CT molecular complexity index is 324. The lowest BCUT2D eigenvalue weighted by Gasteiger charge is -2.38. The van der Waals surface area contributed by atoms with Gasteiger partial charge in [0.15, 0.2) is 5.78 Å². The molecule has 2 atom stereocenters. The Kier molecular flexibility index (Phi) is 2.13. The highest BCUT2D eigenvalue weighted by molar-refractivity contribution is 5.96. The Labute approximate surface area is 85.9 Å². The quantitative estimate of drug-likeness (QED) is 0.423. The largest absolute Gasteiger partial charge is 0.295 e. The van der Waals surface area contributed by atoms with Gasteiger partial charge in [-0.15, -0.1) is 0 Å². The van der Waals surface area contributed by atoms with Crippen LogP contribution >= 0.6 is 0 Å². The summed E-state index contributed by atoms with van der Waals surface area (Å²) < 4.78 is 0. The molecule has 14 heavy (non-hydrogen) atoms.